The number of amides is 2. The van der Waals surface area contributed by atoms with Crippen molar-refractivity contribution >= 4 is 51.9 Å². The summed E-state index contributed by atoms with van der Waals surface area (Å²) in [5.41, 5.74) is 2.65. The molecule has 2 aliphatic rings. The highest BCUT2D eigenvalue weighted by Gasteiger charge is 2.33. The van der Waals surface area contributed by atoms with Crippen LogP contribution >= 0.6 is 24.0 Å². The number of hydrogen-bond acceptors (Lipinski definition) is 6. The number of thiocarbonyl (C=S) groups is 1. The number of aryl methyl sites for hydroxylation is 1. The summed E-state index contributed by atoms with van der Waals surface area (Å²) in [7, 11) is 1.55. The van der Waals surface area contributed by atoms with Gasteiger partial charge in [-0.15, -0.1) is 0 Å². The number of carbonyl (C=O) groups is 2. The summed E-state index contributed by atoms with van der Waals surface area (Å²) in [4.78, 5) is 29.1. The maximum absolute atomic E-state index is 13.0. The van der Waals surface area contributed by atoms with E-state index in [1.165, 1.54) is 11.8 Å². The first-order chi connectivity index (χ1) is 15.5. The molecule has 0 bridgehead atoms. The van der Waals surface area contributed by atoms with Crippen molar-refractivity contribution in [1.29, 1.82) is 0 Å². The van der Waals surface area contributed by atoms with Gasteiger partial charge >= 0.3 is 0 Å². The van der Waals surface area contributed by atoms with Gasteiger partial charge in [0, 0.05) is 13.1 Å². The highest BCUT2D eigenvalue weighted by molar-refractivity contribution is 8.27. The Hall–Kier alpha value is -2.84. The molecule has 2 aliphatic heterocycles. The number of nitrogens with zero attached hydrogens (tertiary/aromatic N) is 2. The third-order valence-electron chi connectivity index (χ3n) is 5.38. The van der Waals surface area contributed by atoms with Gasteiger partial charge in [-0.05, 0) is 55.7 Å². The van der Waals surface area contributed by atoms with Crippen LogP contribution in [-0.2, 0) is 9.59 Å². The zero-order chi connectivity index (χ0) is 22.7. The first-order valence-corrected chi connectivity index (χ1v) is 11.6. The molecule has 0 saturated carbocycles. The number of ether oxygens (including phenoxy) is 2. The number of rotatable bonds is 6. The highest BCUT2D eigenvalue weighted by Crippen LogP contribution is 2.37. The van der Waals surface area contributed by atoms with Crippen molar-refractivity contribution in [2.75, 3.05) is 31.7 Å². The quantitative estimate of drug-likeness (QED) is 0.462. The van der Waals surface area contributed by atoms with Gasteiger partial charge in [0.25, 0.3) is 11.8 Å². The lowest BCUT2D eigenvalue weighted by molar-refractivity contribution is -0.132. The predicted molar refractivity (Wildman–Crippen MR) is 131 cm³/mol. The Morgan fingerprint density at radius 3 is 2.53 bits per heavy atom. The van der Waals surface area contributed by atoms with Crippen LogP contribution < -0.4 is 14.4 Å². The van der Waals surface area contributed by atoms with Gasteiger partial charge in [0.15, 0.2) is 22.4 Å². The summed E-state index contributed by atoms with van der Waals surface area (Å²) in [5.74, 6) is 0.819. The van der Waals surface area contributed by atoms with Crippen LogP contribution in [0.3, 0.4) is 0 Å². The summed E-state index contributed by atoms with van der Waals surface area (Å²) in [6.45, 7) is 3.56. The van der Waals surface area contributed by atoms with Crippen molar-refractivity contribution in [2.45, 2.75) is 19.8 Å². The van der Waals surface area contributed by atoms with E-state index in [4.69, 9.17) is 21.7 Å². The number of benzene rings is 2. The maximum atomic E-state index is 13.0. The molecule has 0 radical (unpaired) electrons. The molecule has 6 nitrogen and oxygen atoms in total. The zero-order valence-corrected chi connectivity index (χ0v) is 19.6. The molecule has 2 aromatic rings. The van der Waals surface area contributed by atoms with E-state index in [1.54, 1.807) is 30.2 Å². The molecule has 0 N–H and O–H groups in total. The lowest BCUT2D eigenvalue weighted by Crippen LogP contribution is -2.32. The minimum atomic E-state index is -0.153. The van der Waals surface area contributed by atoms with E-state index >= 15 is 0 Å². The molecule has 166 valence electrons. The van der Waals surface area contributed by atoms with Crippen LogP contribution in [0.4, 0.5) is 5.69 Å². The minimum Gasteiger partial charge on any atom is -0.493 e. The van der Waals surface area contributed by atoms with Gasteiger partial charge in [0.2, 0.25) is 0 Å². The monoisotopic (exact) mass is 468 g/mol. The fraction of sp³-hybridized carbons (Fsp3) is 0.292. The van der Waals surface area contributed by atoms with E-state index in [0.29, 0.717) is 20.7 Å². The van der Waals surface area contributed by atoms with E-state index < -0.39 is 0 Å². The number of hydrogen-bond donors (Lipinski definition) is 0. The van der Waals surface area contributed by atoms with Crippen molar-refractivity contribution in [3.05, 3.63) is 58.5 Å². The molecular weight excluding hydrogens is 444 g/mol. The largest absolute Gasteiger partial charge is 0.493 e. The Balaban J connectivity index is 1.48. The number of likely N-dealkylation sites (tertiary alicyclic amines) is 1. The maximum Gasteiger partial charge on any atom is 0.270 e. The summed E-state index contributed by atoms with van der Waals surface area (Å²) in [6, 6.07) is 13.1. The molecular formula is C24H24N2O4S2. The number of thioether (sulfide) groups is 1. The standard InChI is InChI=1S/C24H24N2O4S2/c1-16-5-8-18(9-6-16)26-23(28)21(32-24(26)31)14-17-7-10-19(20(13-17)29-2)30-15-22(27)25-11-3-4-12-25/h5-10,13-14H,3-4,11-12,15H2,1-2H3/b21-14-. The molecule has 0 unspecified atom stereocenters. The second-order valence-corrected chi connectivity index (χ2v) is 9.32. The van der Waals surface area contributed by atoms with Gasteiger partial charge in [0.1, 0.15) is 0 Å². The normalized spacial score (nSPS) is 17.4. The third kappa shape index (κ3) is 4.81. The molecule has 32 heavy (non-hydrogen) atoms. The third-order valence-corrected chi connectivity index (χ3v) is 6.68. The number of carbonyl (C=O) groups excluding carboxylic acids is 2. The molecule has 0 spiro atoms. The highest BCUT2D eigenvalue weighted by atomic mass is 32.2. The van der Waals surface area contributed by atoms with Gasteiger partial charge in [-0.25, -0.2) is 0 Å². The van der Waals surface area contributed by atoms with Crippen molar-refractivity contribution < 1.29 is 19.1 Å². The fourth-order valence-electron chi connectivity index (χ4n) is 3.63. The SMILES string of the molecule is COc1cc(/C=C2\SC(=S)N(c3ccc(C)cc3)C2=O)ccc1OCC(=O)N1CCCC1. The molecule has 2 heterocycles. The van der Waals surface area contributed by atoms with Crippen molar-refractivity contribution in [3.8, 4) is 11.5 Å². The predicted octanol–water partition coefficient (Wildman–Crippen LogP) is 4.41. The molecule has 2 saturated heterocycles. The van der Waals surface area contributed by atoms with Gasteiger partial charge in [-0.3, -0.25) is 14.5 Å². The first kappa shape index (κ1) is 22.4. The van der Waals surface area contributed by atoms with E-state index in [1.807, 2.05) is 42.2 Å². The van der Waals surface area contributed by atoms with E-state index in [0.717, 1.165) is 42.7 Å². The first-order valence-electron chi connectivity index (χ1n) is 10.4. The summed E-state index contributed by atoms with van der Waals surface area (Å²) >= 11 is 6.71. The van der Waals surface area contributed by atoms with Gasteiger partial charge in [-0.1, -0.05) is 47.7 Å². The topological polar surface area (TPSA) is 59.1 Å². The van der Waals surface area contributed by atoms with Crippen molar-refractivity contribution in [2.24, 2.45) is 0 Å². The summed E-state index contributed by atoms with van der Waals surface area (Å²) < 4.78 is 11.7. The van der Waals surface area contributed by atoms with Crippen LogP contribution in [0.25, 0.3) is 6.08 Å². The molecule has 4 rings (SSSR count). The molecule has 8 heteroatoms. The smallest absolute Gasteiger partial charge is 0.270 e. The van der Waals surface area contributed by atoms with Gasteiger partial charge in [0.05, 0.1) is 17.7 Å². The lowest BCUT2D eigenvalue weighted by Gasteiger charge is -2.16. The van der Waals surface area contributed by atoms with Crippen LogP contribution in [0.15, 0.2) is 47.4 Å². The second kappa shape index (κ2) is 9.75. The lowest BCUT2D eigenvalue weighted by atomic mass is 10.1. The van der Waals surface area contributed by atoms with Crippen LogP contribution in [0.5, 0.6) is 11.5 Å². The number of anilines is 1. The number of methoxy groups -OCH3 is 1. The Morgan fingerprint density at radius 2 is 1.84 bits per heavy atom. The molecule has 0 aromatic heterocycles. The average molecular weight is 469 g/mol. The molecule has 0 atom stereocenters. The average Bonchev–Trinajstić information content (AvgIpc) is 3.42. The molecule has 2 amide bonds. The summed E-state index contributed by atoms with van der Waals surface area (Å²) in [6.07, 6.45) is 3.87. The Kier molecular flexibility index (Phi) is 6.81. The van der Waals surface area contributed by atoms with Crippen molar-refractivity contribution in [1.82, 2.24) is 4.90 Å². The fourth-order valence-corrected chi connectivity index (χ4v) is 4.93. The minimum absolute atomic E-state index is 0.0200. The van der Waals surface area contributed by atoms with Crippen molar-refractivity contribution in [3.63, 3.8) is 0 Å². The second-order valence-electron chi connectivity index (χ2n) is 7.64. The Bertz CT molecular complexity index is 1080. The molecule has 0 aliphatic carbocycles. The van der Waals surface area contributed by atoms with Gasteiger partial charge < -0.3 is 14.4 Å². The van der Waals surface area contributed by atoms with Gasteiger partial charge in [-0.2, -0.15) is 0 Å². The van der Waals surface area contributed by atoms with E-state index in [2.05, 4.69) is 0 Å². The van der Waals surface area contributed by atoms with E-state index in [-0.39, 0.29) is 18.4 Å². The van der Waals surface area contributed by atoms with Crippen LogP contribution in [0.1, 0.15) is 24.0 Å². The summed E-state index contributed by atoms with van der Waals surface area (Å²) in [5, 5.41) is 0. The molecule has 2 fully saturated rings. The zero-order valence-electron chi connectivity index (χ0n) is 18.0. The van der Waals surface area contributed by atoms with Crippen LogP contribution in [0.2, 0.25) is 0 Å². The van der Waals surface area contributed by atoms with Crippen LogP contribution in [0, 0.1) is 6.92 Å². The van der Waals surface area contributed by atoms with Crippen LogP contribution in [-0.4, -0.2) is 47.8 Å². The Labute approximate surface area is 197 Å². The Morgan fingerprint density at radius 1 is 1.12 bits per heavy atom. The van der Waals surface area contributed by atoms with E-state index in [9.17, 15) is 9.59 Å². The molecule has 2 aromatic carbocycles.